The van der Waals surface area contributed by atoms with Gasteiger partial charge in [0.1, 0.15) is 5.76 Å². The lowest BCUT2D eigenvalue weighted by atomic mass is 9.93. The predicted octanol–water partition coefficient (Wildman–Crippen LogP) is 4.58. The van der Waals surface area contributed by atoms with Crippen molar-refractivity contribution in [3.05, 3.63) is 53.8 Å². The molecule has 0 bridgehead atoms. The van der Waals surface area contributed by atoms with E-state index in [9.17, 15) is 5.11 Å². The summed E-state index contributed by atoms with van der Waals surface area (Å²) in [6.45, 7) is 6.11. The van der Waals surface area contributed by atoms with E-state index in [1.54, 1.807) is 0 Å². The molecule has 1 aliphatic carbocycles. The first-order valence-corrected chi connectivity index (χ1v) is 5.94. The summed E-state index contributed by atoms with van der Waals surface area (Å²) in [5.41, 5.74) is 2.05. The number of rotatable bonds is 1. The van der Waals surface area contributed by atoms with Crippen LogP contribution in [0, 0.1) is 5.92 Å². The van der Waals surface area contributed by atoms with Crippen LogP contribution in [0.15, 0.2) is 48.2 Å². The molecule has 0 fully saturated rings. The Kier molecular flexibility index (Phi) is 4.84. The topological polar surface area (TPSA) is 20.2 Å². The molecule has 0 amide bonds. The fraction of sp³-hybridized carbons (Fsp3) is 0.333. The molecule has 1 heteroatoms. The van der Waals surface area contributed by atoms with Crippen LogP contribution in [-0.4, -0.2) is 5.11 Å². The maximum Gasteiger partial charge on any atom is 0.119 e. The maximum atomic E-state index is 9.79. The van der Waals surface area contributed by atoms with Crippen LogP contribution in [0.3, 0.4) is 0 Å². The van der Waals surface area contributed by atoms with Gasteiger partial charge >= 0.3 is 0 Å². The first-order chi connectivity index (χ1) is 7.77. The van der Waals surface area contributed by atoms with Gasteiger partial charge in [-0.25, -0.2) is 0 Å². The standard InChI is InChI=1S/C13H14O.C2H6/c1-10-7-8-12(13(14)9-10)11-5-3-2-4-6-11;1-2/h2-6,8-10,14H,7H2,1H3;1-2H3. The van der Waals surface area contributed by atoms with Crippen molar-refractivity contribution in [3.8, 4) is 0 Å². The monoisotopic (exact) mass is 216 g/mol. The predicted molar refractivity (Wildman–Crippen MR) is 70.3 cm³/mol. The molecular weight excluding hydrogens is 196 g/mol. The average Bonchev–Trinajstić information content (AvgIpc) is 2.33. The molecule has 1 aliphatic rings. The zero-order valence-corrected chi connectivity index (χ0v) is 10.3. The smallest absolute Gasteiger partial charge is 0.119 e. The summed E-state index contributed by atoms with van der Waals surface area (Å²) < 4.78 is 0. The van der Waals surface area contributed by atoms with Gasteiger partial charge in [-0.2, -0.15) is 0 Å². The molecule has 86 valence electrons. The molecule has 0 saturated heterocycles. The quantitative estimate of drug-likeness (QED) is 0.728. The third kappa shape index (κ3) is 2.99. The molecule has 0 aliphatic heterocycles. The van der Waals surface area contributed by atoms with Crippen molar-refractivity contribution in [1.82, 2.24) is 0 Å². The van der Waals surface area contributed by atoms with Crippen molar-refractivity contribution >= 4 is 5.57 Å². The van der Waals surface area contributed by atoms with Crippen LogP contribution in [0.25, 0.3) is 5.57 Å². The Morgan fingerprint density at radius 3 is 2.31 bits per heavy atom. The van der Waals surface area contributed by atoms with Crippen molar-refractivity contribution < 1.29 is 5.11 Å². The highest BCUT2D eigenvalue weighted by atomic mass is 16.3. The molecular formula is C15H20O. The Morgan fingerprint density at radius 1 is 1.12 bits per heavy atom. The molecule has 0 heterocycles. The van der Waals surface area contributed by atoms with Crippen LogP contribution in [0.5, 0.6) is 0 Å². The second-order valence-electron chi connectivity index (χ2n) is 3.75. The maximum absolute atomic E-state index is 9.79. The molecule has 1 unspecified atom stereocenters. The number of aliphatic hydroxyl groups excluding tert-OH is 1. The van der Waals surface area contributed by atoms with Gasteiger partial charge < -0.3 is 5.11 Å². The molecule has 1 atom stereocenters. The van der Waals surface area contributed by atoms with Crippen LogP contribution in [0.4, 0.5) is 0 Å². The summed E-state index contributed by atoms with van der Waals surface area (Å²) in [6, 6.07) is 10.00. The largest absolute Gasteiger partial charge is 0.508 e. The highest BCUT2D eigenvalue weighted by Crippen LogP contribution is 2.28. The normalized spacial score (nSPS) is 19.1. The van der Waals surface area contributed by atoms with Crippen molar-refractivity contribution in [2.24, 2.45) is 5.92 Å². The number of aliphatic hydroxyl groups is 1. The lowest BCUT2D eigenvalue weighted by molar-refractivity contribution is 0.426. The fourth-order valence-electron chi connectivity index (χ4n) is 1.72. The van der Waals surface area contributed by atoms with Crippen molar-refractivity contribution in [1.29, 1.82) is 0 Å². The SMILES string of the molecule is CC.CC1C=C(O)C(c2ccccc2)=CC1. The molecule has 1 N–H and O–H groups in total. The van der Waals surface area contributed by atoms with Crippen LogP contribution in [-0.2, 0) is 0 Å². The van der Waals surface area contributed by atoms with Crippen molar-refractivity contribution in [2.75, 3.05) is 0 Å². The highest BCUT2D eigenvalue weighted by Gasteiger charge is 2.12. The second kappa shape index (κ2) is 6.16. The zero-order chi connectivity index (χ0) is 12.0. The Hall–Kier alpha value is -1.50. The summed E-state index contributed by atoms with van der Waals surface area (Å²) in [6.07, 6.45) is 5.03. The third-order valence-electron chi connectivity index (χ3n) is 2.50. The van der Waals surface area contributed by atoms with E-state index in [1.807, 2.05) is 50.3 Å². The molecule has 1 aromatic carbocycles. The molecule has 0 saturated carbocycles. The van der Waals surface area contributed by atoms with E-state index in [0.717, 1.165) is 17.6 Å². The number of allylic oxidation sites excluding steroid dienone is 3. The first-order valence-electron chi connectivity index (χ1n) is 5.94. The Bertz CT molecular complexity index is 374. The minimum atomic E-state index is 0.412. The van der Waals surface area contributed by atoms with E-state index in [0.29, 0.717) is 11.7 Å². The number of benzene rings is 1. The highest BCUT2D eigenvalue weighted by molar-refractivity contribution is 5.77. The third-order valence-corrected chi connectivity index (χ3v) is 2.50. The minimum Gasteiger partial charge on any atom is -0.508 e. The molecule has 0 aromatic heterocycles. The summed E-state index contributed by atoms with van der Waals surface area (Å²) in [5, 5.41) is 9.79. The van der Waals surface area contributed by atoms with Gasteiger partial charge in [-0.05, 0) is 24.0 Å². The van der Waals surface area contributed by atoms with Gasteiger partial charge in [-0.1, -0.05) is 57.2 Å². The van der Waals surface area contributed by atoms with Gasteiger partial charge in [-0.15, -0.1) is 0 Å². The van der Waals surface area contributed by atoms with Crippen LogP contribution in [0.1, 0.15) is 32.8 Å². The molecule has 2 rings (SSSR count). The Labute approximate surface area is 98.1 Å². The number of hydrogen-bond donors (Lipinski definition) is 1. The van der Waals surface area contributed by atoms with Crippen molar-refractivity contribution in [2.45, 2.75) is 27.2 Å². The van der Waals surface area contributed by atoms with E-state index in [2.05, 4.69) is 13.0 Å². The van der Waals surface area contributed by atoms with Crippen LogP contribution >= 0.6 is 0 Å². The lowest BCUT2D eigenvalue weighted by Gasteiger charge is -2.15. The molecule has 1 nitrogen and oxygen atoms in total. The minimum absolute atomic E-state index is 0.412. The van der Waals surface area contributed by atoms with Gasteiger partial charge in [0.15, 0.2) is 0 Å². The lowest BCUT2D eigenvalue weighted by Crippen LogP contribution is -2.00. The summed E-state index contributed by atoms with van der Waals surface area (Å²) in [7, 11) is 0. The van der Waals surface area contributed by atoms with E-state index < -0.39 is 0 Å². The summed E-state index contributed by atoms with van der Waals surface area (Å²) in [4.78, 5) is 0. The fourth-order valence-corrected chi connectivity index (χ4v) is 1.72. The molecule has 1 aromatic rings. The van der Waals surface area contributed by atoms with Crippen molar-refractivity contribution in [3.63, 3.8) is 0 Å². The Morgan fingerprint density at radius 2 is 1.75 bits per heavy atom. The van der Waals surface area contributed by atoms with E-state index in [4.69, 9.17) is 0 Å². The summed E-state index contributed by atoms with van der Waals surface area (Å²) >= 11 is 0. The van der Waals surface area contributed by atoms with Gasteiger partial charge in [0.25, 0.3) is 0 Å². The van der Waals surface area contributed by atoms with Crippen LogP contribution in [0.2, 0.25) is 0 Å². The van der Waals surface area contributed by atoms with E-state index in [-0.39, 0.29) is 0 Å². The molecule has 16 heavy (non-hydrogen) atoms. The number of hydrogen-bond acceptors (Lipinski definition) is 1. The van der Waals surface area contributed by atoms with Crippen LogP contribution < -0.4 is 0 Å². The second-order valence-corrected chi connectivity index (χ2v) is 3.75. The summed E-state index contributed by atoms with van der Waals surface area (Å²) in [5.74, 6) is 0.859. The van der Waals surface area contributed by atoms with Gasteiger partial charge in [0.05, 0.1) is 0 Å². The average molecular weight is 216 g/mol. The zero-order valence-electron chi connectivity index (χ0n) is 10.3. The van der Waals surface area contributed by atoms with Gasteiger partial charge in [0.2, 0.25) is 0 Å². The molecule has 0 radical (unpaired) electrons. The first kappa shape index (κ1) is 12.6. The molecule has 0 spiro atoms. The van der Waals surface area contributed by atoms with E-state index >= 15 is 0 Å². The van der Waals surface area contributed by atoms with Gasteiger partial charge in [-0.3, -0.25) is 0 Å². The van der Waals surface area contributed by atoms with E-state index in [1.165, 1.54) is 0 Å². The van der Waals surface area contributed by atoms with Gasteiger partial charge in [0, 0.05) is 5.57 Å². The Balaban J connectivity index is 0.000000606.